The molecule has 1 heterocycles. The van der Waals surface area contributed by atoms with Crippen molar-refractivity contribution in [3.8, 4) is 44.5 Å². The topological polar surface area (TPSA) is 6.48 Å². The zero-order chi connectivity index (χ0) is 46.5. The van der Waals surface area contributed by atoms with Crippen LogP contribution >= 0.6 is 0 Å². The monoisotopic (exact) mass is 896 g/mol. The third kappa shape index (κ3) is 6.32. The normalized spacial score (nSPS) is 20.3. The van der Waals surface area contributed by atoms with E-state index in [9.17, 15) is 0 Å². The molecule has 8 aromatic carbocycles. The van der Waals surface area contributed by atoms with Crippen LogP contribution in [-0.2, 0) is 11.8 Å². The highest BCUT2D eigenvalue weighted by atomic mass is 15.2. The molecular formula is C68H52N2. The maximum absolute atomic E-state index is 2.67. The van der Waals surface area contributed by atoms with Gasteiger partial charge in [0.25, 0.3) is 0 Å². The molecule has 0 bridgehead atoms. The summed E-state index contributed by atoms with van der Waals surface area (Å²) in [6, 6.07) is 70.6. The zero-order valence-electron chi connectivity index (χ0n) is 39.5. The fourth-order valence-corrected chi connectivity index (χ4v) is 12.9. The van der Waals surface area contributed by atoms with E-state index in [-0.39, 0.29) is 29.2 Å². The number of hydrogen-bond acceptors (Lipinski definition) is 2. The van der Waals surface area contributed by atoms with Crippen LogP contribution in [-0.4, -0.2) is 6.04 Å². The maximum Gasteiger partial charge on any atom is 0.0631 e. The van der Waals surface area contributed by atoms with Gasteiger partial charge in [0.2, 0.25) is 0 Å². The van der Waals surface area contributed by atoms with E-state index in [1.165, 1.54) is 112 Å². The van der Waals surface area contributed by atoms with Gasteiger partial charge in [0, 0.05) is 57.2 Å². The standard InChI is InChI=1S/C68H52N2/c1-68(2)59-23-12-11-22-56(59)67-60(68)24-14-26-63(67)70(54-37-31-47(32-38-54)45-17-7-4-8-18-45)62-25-13-20-52-41-51-28-27-49(42-57(51)65(52)62)50-34-39-61-58(43-50)66-55-21-10-9-19-48(55)33-40-64(66)69(61)53-35-29-46(30-36-53)44-15-5-3-6-16-44/h3-40,42-43,55,62,65-66H,41H2,1-2H3. The maximum atomic E-state index is 2.67. The minimum atomic E-state index is -0.108. The van der Waals surface area contributed by atoms with Crippen molar-refractivity contribution in [2.24, 2.45) is 5.92 Å². The average molecular weight is 897 g/mol. The van der Waals surface area contributed by atoms with Crippen LogP contribution in [0.25, 0.3) is 44.5 Å². The van der Waals surface area contributed by atoms with Crippen LogP contribution in [0.5, 0.6) is 0 Å². The van der Waals surface area contributed by atoms with Gasteiger partial charge < -0.3 is 9.80 Å². The Hall–Kier alpha value is -8.20. The molecule has 0 amide bonds. The first kappa shape index (κ1) is 40.8. The number of nitrogens with zero attached hydrogens (tertiary/aromatic N) is 2. The molecular weight excluding hydrogens is 845 g/mol. The third-order valence-electron chi connectivity index (χ3n) is 16.3. The third-order valence-corrected chi connectivity index (χ3v) is 16.3. The van der Waals surface area contributed by atoms with Crippen molar-refractivity contribution in [1.29, 1.82) is 0 Å². The van der Waals surface area contributed by atoms with Crippen molar-refractivity contribution in [1.82, 2.24) is 0 Å². The lowest BCUT2D eigenvalue weighted by molar-refractivity contribution is 0.651. The predicted molar refractivity (Wildman–Crippen MR) is 292 cm³/mol. The quantitative estimate of drug-likeness (QED) is 0.157. The summed E-state index contributed by atoms with van der Waals surface area (Å²) in [6.07, 6.45) is 22.0. The van der Waals surface area contributed by atoms with Crippen LogP contribution in [0.1, 0.15) is 53.5 Å². The van der Waals surface area contributed by atoms with Crippen LogP contribution in [0.2, 0.25) is 0 Å². The van der Waals surface area contributed by atoms with Crippen LogP contribution in [0.4, 0.5) is 22.7 Å². The highest BCUT2D eigenvalue weighted by Gasteiger charge is 2.44. The first-order valence-corrected chi connectivity index (χ1v) is 25.0. The molecule has 1 aliphatic heterocycles. The van der Waals surface area contributed by atoms with Crippen LogP contribution in [0.3, 0.4) is 0 Å². The number of fused-ring (bicyclic) bond motifs is 11. The molecule has 334 valence electrons. The van der Waals surface area contributed by atoms with E-state index in [1.54, 1.807) is 0 Å². The molecule has 6 aliphatic rings. The number of rotatable bonds is 7. The second-order valence-corrected chi connectivity index (χ2v) is 20.4. The van der Waals surface area contributed by atoms with Crippen molar-refractivity contribution in [3.63, 3.8) is 0 Å². The molecule has 0 radical (unpaired) electrons. The lowest BCUT2D eigenvalue weighted by Crippen LogP contribution is -2.36. The van der Waals surface area contributed by atoms with E-state index in [1.807, 2.05) is 0 Å². The predicted octanol–water partition coefficient (Wildman–Crippen LogP) is 17.1. The summed E-state index contributed by atoms with van der Waals surface area (Å²) in [4.78, 5) is 5.18. The van der Waals surface area contributed by atoms with Gasteiger partial charge in [-0.3, -0.25) is 0 Å². The minimum Gasteiger partial charge on any atom is -0.333 e. The second-order valence-electron chi connectivity index (χ2n) is 20.4. The van der Waals surface area contributed by atoms with Gasteiger partial charge in [-0.05, 0) is 127 Å². The molecule has 14 rings (SSSR count). The smallest absolute Gasteiger partial charge is 0.0631 e. The lowest BCUT2D eigenvalue weighted by atomic mass is 9.75. The van der Waals surface area contributed by atoms with E-state index in [0.717, 1.165) is 6.42 Å². The Morgan fingerprint density at radius 3 is 1.94 bits per heavy atom. The Balaban J connectivity index is 0.877. The molecule has 0 N–H and O–H groups in total. The Morgan fingerprint density at radius 2 is 1.17 bits per heavy atom. The average Bonchev–Trinajstić information content (AvgIpc) is 4.05. The van der Waals surface area contributed by atoms with Crippen molar-refractivity contribution < 1.29 is 0 Å². The Bertz CT molecular complexity index is 3600. The number of allylic oxidation sites excluding steroid dienone is 10. The lowest BCUT2D eigenvalue weighted by Gasteiger charge is -2.39. The molecule has 4 unspecified atom stereocenters. The zero-order valence-corrected chi connectivity index (χ0v) is 39.5. The van der Waals surface area contributed by atoms with E-state index in [2.05, 4.69) is 266 Å². The van der Waals surface area contributed by atoms with Crippen LogP contribution < -0.4 is 9.80 Å². The summed E-state index contributed by atoms with van der Waals surface area (Å²) in [5.41, 5.74) is 26.2. The molecule has 0 saturated carbocycles. The van der Waals surface area contributed by atoms with Gasteiger partial charge in [0.1, 0.15) is 0 Å². The Kier molecular flexibility index (Phi) is 9.30. The number of hydrogen-bond donors (Lipinski definition) is 0. The minimum absolute atomic E-state index is 0.0505. The number of anilines is 4. The Morgan fingerprint density at radius 1 is 0.514 bits per heavy atom. The highest BCUT2D eigenvalue weighted by Crippen LogP contribution is 2.58. The molecule has 0 fully saturated rings. The summed E-state index contributed by atoms with van der Waals surface area (Å²) < 4.78 is 0. The van der Waals surface area contributed by atoms with E-state index < -0.39 is 0 Å². The van der Waals surface area contributed by atoms with Gasteiger partial charge in [-0.2, -0.15) is 0 Å². The summed E-state index contributed by atoms with van der Waals surface area (Å²) in [7, 11) is 0. The second kappa shape index (κ2) is 15.9. The summed E-state index contributed by atoms with van der Waals surface area (Å²) in [5.74, 6) is 0.670. The first-order chi connectivity index (χ1) is 34.5. The largest absolute Gasteiger partial charge is 0.333 e. The van der Waals surface area contributed by atoms with Gasteiger partial charge in [0.05, 0.1) is 6.04 Å². The van der Waals surface area contributed by atoms with E-state index in [4.69, 9.17) is 0 Å². The van der Waals surface area contributed by atoms with E-state index in [0.29, 0.717) is 0 Å². The van der Waals surface area contributed by atoms with Crippen molar-refractivity contribution in [2.75, 3.05) is 9.80 Å². The molecule has 8 aromatic rings. The molecule has 2 heteroatoms. The molecule has 0 spiro atoms. The highest BCUT2D eigenvalue weighted by molar-refractivity contribution is 5.93. The van der Waals surface area contributed by atoms with Gasteiger partial charge >= 0.3 is 0 Å². The Labute approximate surface area is 411 Å². The van der Waals surface area contributed by atoms with Crippen LogP contribution in [0, 0.1) is 5.92 Å². The fourth-order valence-electron chi connectivity index (χ4n) is 12.9. The van der Waals surface area contributed by atoms with Crippen molar-refractivity contribution >= 4 is 22.7 Å². The molecule has 5 aliphatic carbocycles. The molecule has 2 nitrogen and oxygen atoms in total. The molecule has 0 aromatic heterocycles. The fraction of sp³-hybridized carbons (Fsp3) is 0.118. The van der Waals surface area contributed by atoms with Gasteiger partial charge in [-0.1, -0.05) is 214 Å². The van der Waals surface area contributed by atoms with Gasteiger partial charge in [-0.15, -0.1) is 0 Å². The van der Waals surface area contributed by atoms with Gasteiger partial charge in [-0.25, -0.2) is 0 Å². The SMILES string of the molecule is CC1(C)c2ccccc2-c2c(N(c3ccc(-c4ccccc4)cc3)C3C=CC=C4Cc5ccc(-c6ccc7c(c6)C6C(=CC=C8C=CC=CC86)N7c6ccc(-c7ccccc7)cc6)cc5C43)cccc21. The van der Waals surface area contributed by atoms with E-state index >= 15 is 0 Å². The summed E-state index contributed by atoms with van der Waals surface area (Å²) in [5, 5.41) is 0. The van der Waals surface area contributed by atoms with Gasteiger partial charge in [0.15, 0.2) is 0 Å². The molecule has 0 saturated heterocycles. The number of benzene rings is 8. The summed E-state index contributed by atoms with van der Waals surface area (Å²) >= 11 is 0. The van der Waals surface area contributed by atoms with Crippen molar-refractivity contribution in [2.45, 2.75) is 43.6 Å². The molecule has 70 heavy (non-hydrogen) atoms. The van der Waals surface area contributed by atoms with Crippen LogP contribution in [0.15, 0.2) is 260 Å². The summed E-state index contributed by atoms with van der Waals surface area (Å²) in [6.45, 7) is 4.78. The first-order valence-electron chi connectivity index (χ1n) is 25.0. The van der Waals surface area contributed by atoms with Crippen molar-refractivity contribution in [3.05, 3.63) is 287 Å². The molecule has 4 atom stereocenters.